The van der Waals surface area contributed by atoms with Crippen LogP contribution in [0.3, 0.4) is 0 Å². The molecule has 9 rings (SSSR count). The maximum atomic E-state index is 15.0. The zero-order chi connectivity index (χ0) is 37.0. The van der Waals surface area contributed by atoms with Crippen molar-refractivity contribution in [2.75, 3.05) is 5.32 Å². The molecule has 0 heterocycles. The van der Waals surface area contributed by atoms with Crippen LogP contribution >= 0.6 is 15.8 Å². The third-order valence-corrected chi connectivity index (χ3v) is 15.0. The first-order valence-corrected chi connectivity index (χ1v) is 21.2. The Balaban J connectivity index is 1.26. The minimum absolute atomic E-state index is 0.123. The standard InChI is InChI=1S/C51H37NOP2/c53-51(45-31-17-18-32-47(45)54(39-21-5-1-6-22-39)40-23-7-2-8-24-40)52-46-35-33-37-19-13-15-29-43(37)49(46)50-44-30-16-14-20-38(44)34-36-48(50)55(41-25-9-3-10-26-41)42-27-11-4-12-28-42/h1-36H,(H,52,53). The predicted octanol–water partition coefficient (Wildman–Crippen LogP) is 10.4. The summed E-state index contributed by atoms with van der Waals surface area (Å²) in [5, 5.41) is 15.3. The van der Waals surface area contributed by atoms with Gasteiger partial charge in [0.15, 0.2) is 0 Å². The van der Waals surface area contributed by atoms with Crippen molar-refractivity contribution < 1.29 is 4.79 Å². The Kier molecular flexibility index (Phi) is 9.85. The number of anilines is 1. The fourth-order valence-corrected chi connectivity index (χ4v) is 12.5. The highest BCUT2D eigenvalue weighted by Crippen LogP contribution is 2.45. The van der Waals surface area contributed by atoms with E-state index in [2.05, 4.69) is 193 Å². The van der Waals surface area contributed by atoms with Gasteiger partial charge in [-0.15, -0.1) is 0 Å². The summed E-state index contributed by atoms with van der Waals surface area (Å²) < 4.78 is 0. The van der Waals surface area contributed by atoms with Gasteiger partial charge in [-0.25, -0.2) is 0 Å². The molecule has 1 amide bonds. The van der Waals surface area contributed by atoms with E-state index in [4.69, 9.17) is 0 Å². The van der Waals surface area contributed by atoms with Gasteiger partial charge in [-0.2, -0.15) is 0 Å². The van der Waals surface area contributed by atoms with Gasteiger partial charge in [-0.05, 0) is 81.3 Å². The summed E-state index contributed by atoms with van der Waals surface area (Å²) in [5.74, 6) is -0.123. The van der Waals surface area contributed by atoms with Gasteiger partial charge >= 0.3 is 0 Å². The van der Waals surface area contributed by atoms with Crippen molar-refractivity contribution in [2.24, 2.45) is 0 Å². The second-order valence-corrected chi connectivity index (χ2v) is 17.7. The van der Waals surface area contributed by atoms with Gasteiger partial charge in [0.1, 0.15) is 0 Å². The molecule has 0 aromatic heterocycles. The van der Waals surface area contributed by atoms with Gasteiger partial charge in [0.2, 0.25) is 0 Å². The van der Waals surface area contributed by atoms with Crippen molar-refractivity contribution in [1.29, 1.82) is 0 Å². The Morgan fingerprint density at radius 1 is 0.345 bits per heavy atom. The molecule has 2 nitrogen and oxygen atoms in total. The summed E-state index contributed by atoms with van der Waals surface area (Å²) in [6.45, 7) is 0. The average molecular weight is 742 g/mol. The largest absolute Gasteiger partial charge is 0.321 e. The Morgan fingerprint density at radius 2 is 0.745 bits per heavy atom. The first-order chi connectivity index (χ1) is 27.2. The summed E-state index contributed by atoms with van der Waals surface area (Å²) in [6, 6.07) is 76.9. The third kappa shape index (κ3) is 6.88. The van der Waals surface area contributed by atoms with Gasteiger partial charge in [0.25, 0.3) is 5.91 Å². The molecule has 9 aromatic carbocycles. The topological polar surface area (TPSA) is 29.1 Å². The monoisotopic (exact) mass is 741 g/mol. The van der Waals surface area contributed by atoms with E-state index in [-0.39, 0.29) is 5.91 Å². The van der Waals surface area contributed by atoms with Crippen molar-refractivity contribution in [1.82, 2.24) is 0 Å². The Morgan fingerprint density at radius 3 is 1.27 bits per heavy atom. The second kappa shape index (κ2) is 15.7. The van der Waals surface area contributed by atoms with E-state index in [1.165, 1.54) is 26.5 Å². The number of benzene rings is 9. The number of carbonyl (C=O) groups excluding carboxylic acids is 1. The molecule has 262 valence electrons. The Hall–Kier alpha value is -6.17. The molecule has 0 aliphatic rings. The number of hydrogen-bond donors (Lipinski definition) is 1. The molecule has 0 atom stereocenters. The van der Waals surface area contributed by atoms with Crippen LogP contribution in [0.25, 0.3) is 32.7 Å². The molecule has 0 unspecified atom stereocenters. The third-order valence-electron chi connectivity index (χ3n) is 10.0. The van der Waals surface area contributed by atoms with Crippen LogP contribution in [0.15, 0.2) is 218 Å². The number of amides is 1. The second-order valence-electron chi connectivity index (χ2n) is 13.4. The molecule has 0 spiro atoms. The molecule has 0 saturated carbocycles. The van der Waals surface area contributed by atoms with Crippen molar-refractivity contribution in [2.45, 2.75) is 0 Å². The molecule has 0 radical (unpaired) electrons. The Bertz CT molecular complexity index is 2670. The SMILES string of the molecule is O=C(Nc1ccc2ccccc2c1-c1c(P(c2ccccc2)c2ccccc2)ccc2ccccc12)c1ccccc1P(c1ccccc1)c1ccccc1. The van der Waals surface area contributed by atoms with Crippen molar-refractivity contribution in [3.63, 3.8) is 0 Å². The highest BCUT2D eigenvalue weighted by Gasteiger charge is 2.27. The molecule has 0 fully saturated rings. The number of fused-ring (bicyclic) bond motifs is 2. The lowest BCUT2D eigenvalue weighted by molar-refractivity contribution is 0.102. The first kappa shape index (κ1) is 34.6. The molecule has 0 saturated heterocycles. The number of nitrogens with one attached hydrogen (secondary N) is 1. The van der Waals surface area contributed by atoms with Crippen LogP contribution in [0, 0.1) is 0 Å². The van der Waals surface area contributed by atoms with Gasteiger partial charge in [-0.1, -0.05) is 206 Å². The fraction of sp³-hybridized carbons (Fsp3) is 0. The van der Waals surface area contributed by atoms with Crippen molar-refractivity contribution in [3.8, 4) is 11.1 Å². The molecular formula is C51H37NOP2. The first-order valence-electron chi connectivity index (χ1n) is 18.5. The zero-order valence-corrected chi connectivity index (χ0v) is 31.9. The summed E-state index contributed by atoms with van der Waals surface area (Å²) in [5.41, 5.74) is 3.64. The normalized spacial score (nSPS) is 11.3. The van der Waals surface area contributed by atoms with E-state index in [0.29, 0.717) is 5.56 Å². The lowest BCUT2D eigenvalue weighted by Crippen LogP contribution is -2.27. The highest BCUT2D eigenvalue weighted by molar-refractivity contribution is 7.80. The lowest BCUT2D eigenvalue weighted by atomic mass is 9.92. The molecule has 55 heavy (non-hydrogen) atoms. The summed E-state index contributed by atoms with van der Waals surface area (Å²) in [4.78, 5) is 15.0. The maximum Gasteiger partial charge on any atom is 0.256 e. The maximum absolute atomic E-state index is 15.0. The van der Waals surface area contributed by atoms with Crippen LogP contribution in [0.1, 0.15) is 10.4 Å². The summed E-state index contributed by atoms with van der Waals surface area (Å²) in [6.07, 6.45) is 0. The Labute approximate surface area is 324 Å². The van der Waals surface area contributed by atoms with E-state index < -0.39 is 15.8 Å². The minimum atomic E-state index is -1.00. The van der Waals surface area contributed by atoms with Gasteiger partial charge in [-0.3, -0.25) is 4.79 Å². The molecule has 0 aliphatic heterocycles. The van der Waals surface area contributed by atoms with Crippen LogP contribution in [-0.4, -0.2) is 5.91 Å². The molecular weight excluding hydrogens is 705 g/mol. The summed E-state index contributed by atoms with van der Waals surface area (Å²) >= 11 is 0. The number of hydrogen-bond acceptors (Lipinski definition) is 1. The van der Waals surface area contributed by atoms with E-state index in [0.717, 1.165) is 43.7 Å². The fourth-order valence-electron chi connectivity index (χ4n) is 7.57. The average Bonchev–Trinajstić information content (AvgIpc) is 3.25. The van der Waals surface area contributed by atoms with Crippen LogP contribution in [0.5, 0.6) is 0 Å². The molecule has 4 heteroatoms. The summed E-state index contributed by atoms with van der Waals surface area (Å²) in [7, 11) is -1.97. The molecule has 9 aromatic rings. The van der Waals surface area contributed by atoms with E-state index in [1.54, 1.807) is 0 Å². The minimum Gasteiger partial charge on any atom is -0.321 e. The quantitative estimate of drug-likeness (QED) is 0.147. The number of carbonyl (C=O) groups is 1. The van der Waals surface area contributed by atoms with Gasteiger partial charge < -0.3 is 5.32 Å². The lowest BCUT2D eigenvalue weighted by Gasteiger charge is -2.26. The van der Waals surface area contributed by atoms with E-state index in [9.17, 15) is 4.79 Å². The number of rotatable bonds is 9. The molecule has 0 bridgehead atoms. The van der Waals surface area contributed by atoms with Crippen LogP contribution in [0.4, 0.5) is 5.69 Å². The molecule has 0 aliphatic carbocycles. The van der Waals surface area contributed by atoms with Crippen molar-refractivity contribution >= 4 is 80.8 Å². The molecule has 1 N–H and O–H groups in total. The van der Waals surface area contributed by atoms with Crippen LogP contribution in [0.2, 0.25) is 0 Å². The van der Waals surface area contributed by atoms with E-state index in [1.807, 2.05) is 30.3 Å². The smallest absolute Gasteiger partial charge is 0.256 e. The van der Waals surface area contributed by atoms with E-state index >= 15 is 0 Å². The van der Waals surface area contributed by atoms with Crippen molar-refractivity contribution in [3.05, 3.63) is 224 Å². The highest BCUT2D eigenvalue weighted by atomic mass is 31.1. The van der Waals surface area contributed by atoms with Crippen LogP contribution in [-0.2, 0) is 0 Å². The van der Waals surface area contributed by atoms with Gasteiger partial charge in [0, 0.05) is 22.4 Å². The zero-order valence-electron chi connectivity index (χ0n) is 30.1. The van der Waals surface area contributed by atoms with Crippen LogP contribution < -0.4 is 37.1 Å². The predicted molar refractivity (Wildman–Crippen MR) is 239 cm³/mol. The van der Waals surface area contributed by atoms with Gasteiger partial charge in [0.05, 0.1) is 0 Å².